The number of benzene rings is 2. The van der Waals surface area contributed by atoms with Crippen LogP contribution in [0, 0.1) is 0 Å². The molecule has 0 bridgehead atoms. The molecule has 3 aromatic rings. The van der Waals surface area contributed by atoms with Crippen molar-refractivity contribution in [2.45, 2.75) is 31.3 Å². The number of imidazole rings is 1. The normalized spacial score (nSPS) is 19.3. The highest BCUT2D eigenvalue weighted by molar-refractivity contribution is 6.30. The molecule has 164 valence electrons. The smallest absolute Gasteiger partial charge is 0.178 e. The Bertz CT molecular complexity index is 930. The van der Waals surface area contributed by atoms with Gasteiger partial charge in [-0.1, -0.05) is 23.7 Å². The molecule has 1 aromatic heterocycles. The van der Waals surface area contributed by atoms with Gasteiger partial charge in [-0.2, -0.15) is 0 Å². The van der Waals surface area contributed by atoms with Crippen LogP contribution in [0.15, 0.2) is 67.3 Å². The van der Waals surface area contributed by atoms with Crippen LogP contribution in [-0.4, -0.2) is 49.3 Å². The van der Waals surface area contributed by atoms with Gasteiger partial charge in [-0.3, -0.25) is 0 Å². The van der Waals surface area contributed by atoms with Crippen LogP contribution in [0.5, 0.6) is 5.75 Å². The summed E-state index contributed by atoms with van der Waals surface area (Å²) in [7, 11) is 4.03. The van der Waals surface area contributed by atoms with E-state index < -0.39 is 0 Å². The van der Waals surface area contributed by atoms with Gasteiger partial charge in [0.1, 0.15) is 18.5 Å². The zero-order chi connectivity index (χ0) is 21.6. The Balaban J connectivity index is 1.33. The maximum atomic E-state index is 6.21. The Hall–Kier alpha value is -2.54. The Morgan fingerprint density at radius 3 is 2.61 bits per heavy atom. The lowest BCUT2D eigenvalue weighted by Gasteiger charge is -2.24. The molecule has 0 amide bonds. The number of hydrogen-bond donors (Lipinski definition) is 0. The monoisotopic (exact) mass is 441 g/mol. The fourth-order valence-electron chi connectivity index (χ4n) is 3.65. The topological polar surface area (TPSA) is 48.8 Å². The quantitative estimate of drug-likeness (QED) is 0.485. The lowest BCUT2D eigenvalue weighted by molar-refractivity contribution is -0.0971. The van der Waals surface area contributed by atoms with E-state index in [-0.39, 0.29) is 18.4 Å². The van der Waals surface area contributed by atoms with E-state index in [1.165, 1.54) is 5.56 Å². The fraction of sp³-hybridized carbons (Fsp3) is 0.375. The number of anilines is 1. The summed E-state index contributed by atoms with van der Waals surface area (Å²) in [5.41, 5.74) is 2.37. The minimum Gasteiger partial charge on any atom is -0.491 e. The maximum absolute atomic E-state index is 6.21. The third-order valence-electron chi connectivity index (χ3n) is 5.43. The molecule has 31 heavy (non-hydrogen) atoms. The van der Waals surface area contributed by atoms with Crippen LogP contribution in [0.25, 0.3) is 0 Å². The number of halogens is 1. The minimum absolute atomic E-state index is 0.0301. The van der Waals surface area contributed by atoms with Gasteiger partial charge in [-0.15, -0.1) is 0 Å². The second-order valence-electron chi connectivity index (χ2n) is 7.90. The molecule has 0 spiro atoms. The van der Waals surface area contributed by atoms with Gasteiger partial charge in [0, 0.05) is 37.2 Å². The number of aryl methyl sites for hydroxylation is 1. The summed E-state index contributed by atoms with van der Waals surface area (Å²) in [6, 6.07) is 16.0. The number of hydrogen-bond acceptors (Lipinski definition) is 5. The van der Waals surface area contributed by atoms with Gasteiger partial charge in [0.2, 0.25) is 0 Å². The molecule has 1 fully saturated rings. The lowest BCUT2D eigenvalue weighted by Crippen LogP contribution is -2.27. The SMILES string of the molecule is CN(C)c1ccc(OCC2COC(C(CCc3ccc(Cl)cc3)n3ccnc3)O2)cc1. The summed E-state index contributed by atoms with van der Waals surface area (Å²) in [4.78, 5) is 6.26. The van der Waals surface area contributed by atoms with Crippen molar-refractivity contribution in [2.75, 3.05) is 32.2 Å². The van der Waals surface area contributed by atoms with Crippen molar-refractivity contribution in [3.63, 3.8) is 0 Å². The van der Waals surface area contributed by atoms with Crippen LogP contribution >= 0.6 is 11.6 Å². The van der Waals surface area contributed by atoms with Crippen molar-refractivity contribution in [2.24, 2.45) is 0 Å². The van der Waals surface area contributed by atoms with Crippen LogP contribution in [0.4, 0.5) is 5.69 Å². The second kappa shape index (κ2) is 10.2. The molecule has 0 N–H and O–H groups in total. The fourth-order valence-corrected chi connectivity index (χ4v) is 3.77. The van der Waals surface area contributed by atoms with Crippen LogP contribution in [0.1, 0.15) is 18.0 Å². The molecule has 1 aliphatic heterocycles. The molecule has 0 aliphatic carbocycles. The van der Waals surface area contributed by atoms with E-state index in [4.69, 9.17) is 25.8 Å². The van der Waals surface area contributed by atoms with Gasteiger partial charge in [0.25, 0.3) is 0 Å². The third-order valence-corrected chi connectivity index (χ3v) is 5.68. The number of aromatic nitrogens is 2. The lowest BCUT2D eigenvalue weighted by atomic mass is 10.0. The second-order valence-corrected chi connectivity index (χ2v) is 8.34. The third kappa shape index (κ3) is 5.79. The average molecular weight is 442 g/mol. The van der Waals surface area contributed by atoms with Crippen LogP contribution in [0.3, 0.4) is 0 Å². The standard InChI is InChI=1S/C24H28ClN3O3/c1-27(2)20-8-10-21(11-9-20)29-15-22-16-30-24(31-22)23(28-14-13-26-17-28)12-5-18-3-6-19(25)7-4-18/h3-4,6-11,13-14,17,22-24H,5,12,15-16H2,1-2H3. The Morgan fingerprint density at radius 2 is 1.94 bits per heavy atom. The van der Waals surface area contributed by atoms with E-state index in [1.54, 1.807) is 6.20 Å². The maximum Gasteiger partial charge on any atom is 0.178 e. The molecule has 1 saturated heterocycles. The first-order valence-corrected chi connectivity index (χ1v) is 10.9. The summed E-state index contributed by atoms with van der Waals surface area (Å²) < 4.78 is 20.2. The molecule has 0 radical (unpaired) electrons. The first kappa shape index (κ1) is 21.7. The highest BCUT2D eigenvalue weighted by Crippen LogP contribution is 2.28. The predicted octanol–water partition coefficient (Wildman–Crippen LogP) is 4.60. The van der Waals surface area contributed by atoms with Gasteiger partial charge in [-0.05, 0) is 54.8 Å². The molecule has 6 nitrogen and oxygen atoms in total. The zero-order valence-electron chi connectivity index (χ0n) is 17.9. The van der Waals surface area contributed by atoms with Crippen molar-refractivity contribution in [1.82, 2.24) is 9.55 Å². The summed E-state index contributed by atoms with van der Waals surface area (Å²) in [5, 5.41) is 0.747. The molecule has 4 rings (SSSR count). The van der Waals surface area contributed by atoms with Crippen molar-refractivity contribution >= 4 is 17.3 Å². The van der Waals surface area contributed by atoms with E-state index in [9.17, 15) is 0 Å². The van der Waals surface area contributed by atoms with E-state index in [2.05, 4.69) is 26.6 Å². The molecule has 2 heterocycles. The largest absolute Gasteiger partial charge is 0.491 e. The summed E-state index contributed by atoms with van der Waals surface area (Å²) in [6.07, 6.45) is 6.85. The van der Waals surface area contributed by atoms with Crippen molar-refractivity contribution in [1.29, 1.82) is 0 Å². The number of rotatable bonds is 9. The van der Waals surface area contributed by atoms with Gasteiger partial charge < -0.3 is 23.7 Å². The first-order chi connectivity index (χ1) is 15.1. The molecule has 1 aliphatic rings. The van der Waals surface area contributed by atoms with Crippen LogP contribution in [-0.2, 0) is 15.9 Å². The van der Waals surface area contributed by atoms with E-state index in [0.717, 1.165) is 29.3 Å². The molecular formula is C24H28ClN3O3. The van der Waals surface area contributed by atoms with E-state index in [1.807, 2.05) is 63.0 Å². The summed E-state index contributed by atoms with van der Waals surface area (Å²) in [6.45, 7) is 0.957. The highest BCUT2D eigenvalue weighted by atomic mass is 35.5. The molecule has 3 atom stereocenters. The summed E-state index contributed by atoms with van der Waals surface area (Å²) >= 11 is 6.00. The van der Waals surface area contributed by atoms with Gasteiger partial charge >= 0.3 is 0 Å². The van der Waals surface area contributed by atoms with E-state index >= 15 is 0 Å². The van der Waals surface area contributed by atoms with E-state index in [0.29, 0.717) is 13.2 Å². The first-order valence-electron chi connectivity index (χ1n) is 10.5. The van der Waals surface area contributed by atoms with Crippen molar-refractivity contribution in [3.05, 3.63) is 77.8 Å². The molecule has 2 aromatic carbocycles. The molecule has 0 saturated carbocycles. The summed E-state index contributed by atoms with van der Waals surface area (Å²) in [5.74, 6) is 0.826. The van der Waals surface area contributed by atoms with Crippen LogP contribution < -0.4 is 9.64 Å². The van der Waals surface area contributed by atoms with Gasteiger partial charge in [-0.25, -0.2) is 4.98 Å². The van der Waals surface area contributed by atoms with Crippen molar-refractivity contribution in [3.8, 4) is 5.75 Å². The Morgan fingerprint density at radius 1 is 1.16 bits per heavy atom. The average Bonchev–Trinajstić information content (AvgIpc) is 3.47. The van der Waals surface area contributed by atoms with Crippen LogP contribution in [0.2, 0.25) is 5.02 Å². The van der Waals surface area contributed by atoms with Crippen molar-refractivity contribution < 1.29 is 14.2 Å². The zero-order valence-corrected chi connectivity index (χ0v) is 18.6. The predicted molar refractivity (Wildman–Crippen MR) is 122 cm³/mol. The molecule has 3 unspecified atom stereocenters. The number of ether oxygens (including phenoxy) is 3. The van der Waals surface area contributed by atoms with Gasteiger partial charge in [0.05, 0.1) is 19.0 Å². The Labute approximate surface area is 188 Å². The number of nitrogens with zero attached hydrogens (tertiary/aromatic N) is 3. The molecule has 7 heteroatoms. The minimum atomic E-state index is -0.341. The highest BCUT2D eigenvalue weighted by Gasteiger charge is 2.33. The molecular weight excluding hydrogens is 414 g/mol. The van der Waals surface area contributed by atoms with Gasteiger partial charge in [0.15, 0.2) is 6.29 Å². The Kier molecular flexibility index (Phi) is 7.12.